The van der Waals surface area contributed by atoms with Crippen LogP contribution in [0, 0.1) is 5.92 Å². The summed E-state index contributed by atoms with van der Waals surface area (Å²) in [6.45, 7) is 5.74. The summed E-state index contributed by atoms with van der Waals surface area (Å²) in [4.78, 5) is 22.7. The van der Waals surface area contributed by atoms with E-state index < -0.39 is 5.97 Å². The zero-order valence-corrected chi connectivity index (χ0v) is 11.0. The van der Waals surface area contributed by atoms with Crippen LogP contribution in [0.3, 0.4) is 0 Å². The number of fused-ring (bicyclic) bond motifs is 1. The van der Waals surface area contributed by atoms with Crippen molar-refractivity contribution in [2.75, 3.05) is 0 Å². The summed E-state index contributed by atoms with van der Waals surface area (Å²) in [6, 6.07) is 0. The van der Waals surface area contributed by atoms with E-state index in [9.17, 15) is 9.59 Å². The molecule has 1 fully saturated rings. The van der Waals surface area contributed by atoms with Crippen LogP contribution < -0.4 is 0 Å². The maximum Gasteiger partial charge on any atom is 0.334 e. The molecule has 0 saturated carbocycles. The molecule has 0 aromatic carbocycles. The Labute approximate surface area is 112 Å². The van der Waals surface area contributed by atoms with Crippen molar-refractivity contribution in [1.82, 2.24) is 0 Å². The van der Waals surface area contributed by atoms with E-state index in [1.165, 1.54) is 0 Å². The Morgan fingerprint density at radius 2 is 2.21 bits per heavy atom. The van der Waals surface area contributed by atoms with Crippen LogP contribution in [0.25, 0.3) is 0 Å². The number of carbonyl (C=O) groups is 2. The summed E-state index contributed by atoms with van der Waals surface area (Å²) in [5.74, 6) is -1.35. The maximum atomic E-state index is 11.6. The fourth-order valence-corrected chi connectivity index (χ4v) is 2.56. The Kier molecular flexibility index (Phi) is 3.88. The van der Waals surface area contributed by atoms with Gasteiger partial charge in [0.15, 0.2) is 0 Å². The minimum absolute atomic E-state index is 0.108. The van der Waals surface area contributed by atoms with E-state index >= 15 is 0 Å². The van der Waals surface area contributed by atoms with Crippen LogP contribution in [-0.2, 0) is 14.3 Å². The highest BCUT2D eigenvalue weighted by atomic mass is 16.5. The third-order valence-corrected chi connectivity index (χ3v) is 3.73. The fraction of sp³-hybridized carbons (Fsp3) is 0.467. The Bertz CT molecular complexity index is 484. The van der Waals surface area contributed by atoms with Gasteiger partial charge < -0.3 is 9.84 Å². The molecule has 0 aromatic rings. The minimum Gasteiger partial charge on any atom is -0.478 e. The summed E-state index contributed by atoms with van der Waals surface area (Å²) in [5, 5.41) is 9.14. The van der Waals surface area contributed by atoms with E-state index in [2.05, 4.69) is 6.58 Å². The smallest absolute Gasteiger partial charge is 0.334 e. The van der Waals surface area contributed by atoms with E-state index in [4.69, 9.17) is 9.84 Å². The van der Waals surface area contributed by atoms with Crippen molar-refractivity contribution < 1.29 is 19.4 Å². The second kappa shape index (κ2) is 5.43. The van der Waals surface area contributed by atoms with Gasteiger partial charge in [0.25, 0.3) is 0 Å². The van der Waals surface area contributed by atoms with Gasteiger partial charge in [-0.2, -0.15) is 0 Å². The second-order valence-corrected chi connectivity index (χ2v) is 5.13. The van der Waals surface area contributed by atoms with Crippen molar-refractivity contribution in [2.24, 2.45) is 5.92 Å². The number of esters is 1. The Balaban J connectivity index is 2.26. The number of hydrogen-bond donors (Lipinski definition) is 1. The summed E-state index contributed by atoms with van der Waals surface area (Å²) in [5.41, 5.74) is 1.99. The molecule has 1 heterocycles. The third kappa shape index (κ3) is 2.95. The molecule has 1 saturated heterocycles. The number of hydrogen-bond acceptors (Lipinski definition) is 3. The zero-order valence-electron chi connectivity index (χ0n) is 11.0. The molecule has 0 amide bonds. The normalized spacial score (nSPS) is 33.5. The van der Waals surface area contributed by atoms with Gasteiger partial charge in [0, 0.05) is 17.1 Å². The number of ether oxygens (including phenoxy) is 1. The maximum absolute atomic E-state index is 11.6. The first-order valence-corrected chi connectivity index (χ1v) is 6.48. The van der Waals surface area contributed by atoms with Crippen molar-refractivity contribution in [1.29, 1.82) is 0 Å². The average Bonchev–Trinajstić information content (AvgIpc) is 2.60. The second-order valence-electron chi connectivity index (χ2n) is 5.13. The van der Waals surface area contributed by atoms with Crippen LogP contribution >= 0.6 is 0 Å². The molecule has 1 N–H and O–H groups in total. The molecule has 102 valence electrons. The zero-order chi connectivity index (χ0) is 14.0. The summed E-state index contributed by atoms with van der Waals surface area (Å²) < 4.78 is 5.29. The average molecular weight is 262 g/mol. The Hall–Kier alpha value is -1.84. The molecule has 1 aliphatic heterocycles. The molecule has 0 unspecified atom stereocenters. The summed E-state index contributed by atoms with van der Waals surface area (Å²) in [6.07, 6.45) is 5.98. The third-order valence-electron chi connectivity index (χ3n) is 3.73. The van der Waals surface area contributed by atoms with Gasteiger partial charge in [-0.3, -0.25) is 0 Å². The van der Waals surface area contributed by atoms with Crippen molar-refractivity contribution in [2.45, 2.75) is 38.7 Å². The predicted molar refractivity (Wildman–Crippen MR) is 70.5 cm³/mol. The van der Waals surface area contributed by atoms with Gasteiger partial charge in [0.2, 0.25) is 0 Å². The van der Waals surface area contributed by atoms with E-state index in [0.29, 0.717) is 30.4 Å². The lowest BCUT2D eigenvalue weighted by Crippen LogP contribution is -2.16. The van der Waals surface area contributed by atoms with E-state index in [1.807, 2.05) is 13.0 Å². The van der Waals surface area contributed by atoms with E-state index in [-0.39, 0.29) is 18.0 Å². The first-order valence-electron chi connectivity index (χ1n) is 6.48. The molecule has 19 heavy (non-hydrogen) atoms. The van der Waals surface area contributed by atoms with Crippen molar-refractivity contribution in [3.05, 3.63) is 35.5 Å². The van der Waals surface area contributed by atoms with Crippen LogP contribution in [0.2, 0.25) is 0 Å². The van der Waals surface area contributed by atoms with E-state index in [1.54, 1.807) is 6.08 Å². The predicted octanol–water partition coefficient (Wildman–Crippen LogP) is 2.62. The van der Waals surface area contributed by atoms with Gasteiger partial charge in [-0.25, -0.2) is 9.59 Å². The number of aliphatic carboxylic acids is 1. The molecular weight excluding hydrogens is 244 g/mol. The van der Waals surface area contributed by atoms with Crippen molar-refractivity contribution in [3.63, 3.8) is 0 Å². The molecule has 1 aliphatic carbocycles. The number of carbonyl (C=O) groups excluding carboxylic acids is 1. The van der Waals surface area contributed by atoms with E-state index in [0.717, 1.165) is 12.0 Å². The highest BCUT2D eigenvalue weighted by molar-refractivity contribution is 5.91. The molecule has 0 aromatic heterocycles. The highest BCUT2D eigenvalue weighted by Crippen LogP contribution is 2.34. The number of carboxylic acids is 1. The molecule has 0 bridgehead atoms. The first-order chi connectivity index (χ1) is 8.99. The van der Waals surface area contributed by atoms with Crippen molar-refractivity contribution in [3.8, 4) is 0 Å². The highest BCUT2D eigenvalue weighted by Gasteiger charge is 2.37. The van der Waals surface area contributed by atoms with Gasteiger partial charge in [-0.05, 0) is 38.7 Å². The summed E-state index contributed by atoms with van der Waals surface area (Å²) >= 11 is 0. The largest absolute Gasteiger partial charge is 0.478 e. The lowest BCUT2D eigenvalue weighted by molar-refractivity contribution is -0.137. The molecule has 0 radical (unpaired) electrons. The molecule has 2 atom stereocenters. The van der Waals surface area contributed by atoms with Gasteiger partial charge in [0.1, 0.15) is 6.10 Å². The van der Waals surface area contributed by atoms with Crippen LogP contribution in [0.15, 0.2) is 35.5 Å². The lowest BCUT2D eigenvalue weighted by atomic mass is 9.88. The van der Waals surface area contributed by atoms with Gasteiger partial charge in [-0.1, -0.05) is 18.2 Å². The number of carboxylic acid groups (broad SMARTS) is 1. The molecule has 2 rings (SSSR count). The molecular formula is C15H18O4. The van der Waals surface area contributed by atoms with Crippen LogP contribution in [0.1, 0.15) is 32.6 Å². The fourth-order valence-electron chi connectivity index (χ4n) is 2.56. The van der Waals surface area contributed by atoms with Crippen LogP contribution in [0.4, 0.5) is 0 Å². The number of rotatable bonds is 1. The molecule has 4 nitrogen and oxygen atoms in total. The quantitative estimate of drug-likeness (QED) is 0.448. The molecule has 0 spiro atoms. The monoisotopic (exact) mass is 262 g/mol. The molecule has 2 aliphatic rings. The summed E-state index contributed by atoms with van der Waals surface area (Å²) in [7, 11) is 0. The molecule has 4 heteroatoms. The van der Waals surface area contributed by atoms with Gasteiger partial charge in [-0.15, -0.1) is 0 Å². The first kappa shape index (κ1) is 13.6. The Morgan fingerprint density at radius 1 is 1.47 bits per heavy atom. The van der Waals surface area contributed by atoms with Crippen LogP contribution in [0.5, 0.6) is 0 Å². The SMILES string of the molecule is C=C1C(=O)O[C@@H]2/C=C(\C)CC/C=C(\C(=O)O)CC[C@H]12. The van der Waals surface area contributed by atoms with Gasteiger partial charge >= 0.3 is 11.9 Å². The standard InChI is InChI=1S/C15H18O4/c1-9-4-3-5-11(14(16)17)6-7-12-10(2)15(18)19-13(12)8-9/h5,8,12-13H,2-4,6-7H2,1H3,(H,16,17)/b9-8+,11-5-/t12-,13-/m1/s1. The van der Waals surface area contributed by atoms with Gasteiger partial charge in [0.05, 0.1) is 0 Å². The minimum atomic E-state index is -0.880. The topological polar surface area (TPSA) is 63.6 Å². The Morgan fingerprint density at radius 3 is 2.89 bits per heavy atom. The van der Waals surface area contributed by atoms with Crippen LogP contribution in [-0.4, -0.2) is 23.1 Å². The van der Waals surface area contributed by atoms with Crippen molar-refractivity contribution >= 4 is 11.9 Å². The lowest BCUT2D eigenvalue weighted by Gasteiger charge is -2.17. The number of allylic oxidation sites excluding steroid dienone is 2.